The molecule has 1 saturated heterocycles. The lowest BCUT2D eigenvalue weighted by atomic mass is 10.1. The zero-order valence-electron chi connectivity index (χ0n) is 14.1. The highest BCUT2D eigenvalue weighted by atomic mass is 32.1. The maximum absolute atomic E-state index is 12.7. The van der Waals surface area contributed by atoms with E-state index in [-0.39, 0.29) is 24.2 Å². The SMILES string of the molecule is O=C(Nc1ccccc1-c1cccs1)C1CC(=O)N(Cc2ccco2)C1. The molecule has 1 aliphatic rings. The summed E-state index contributed by atoms with van der Waals surface area (Å²) in [5.74, 6) is 0.230. The van der Waals surface area contributed by atoms with Crippen LogP contribution in [0.5, 0.6) is 0 Å². The van der Waals surface area contributed by atoms with Gasteiger partial charge in [0, 0.05) is 29.1 Å². The van der Waals surface area contributed by atoms with E-state index in [1.165, 1.54) is 0 Å². The second kappa shape index (κ2) is 7.17. The number of para-hydroxylation sites is 1. The topological polar surface area (TPSA) is 62.6 Å². The Balaban J connectivity index is 1.45. The summed E-state index contributed by atoms with van der Waals surface area (Å²) >= 11 is 1.63. The van der Waals surface area contributed by atoms with Crippen molar-refractivity contribution < 1.29 is 14.0 Å². The third-order valence-electron chi connectivity index (χ3n) is 4.48. The smallest absolute Gasteiger partial charge is 0.229 e. The maximum Gasteiger partial charge on any atom is 0.229 e. The number of nitrogens with zero attached hydrogens (tertiary/aromatic N) is 1. The van der Waals surface area contributed by atoms with E-state index < -0.39 is 0 Å². The molecule has 3 aromatic rings. The number of likely N-dealkylation sites (tertiary alicyclic amines) is 1. The van der Waals surface area contributed by atoms with Crippen molar-refractivity contribution in [2.24, 2.45) is 5.92 Å². The Hall–Kier alpha value is -2.86. The molecule has 6 heteroatoms. The van der Waals surface area contributed by atoms with Gasteiger partial charge in [0.2, 0.25) is 11.8 Å². The van der Waals surface area contributed by atoms with Crippen molar-refractivity contribution in [3.05, 3.63) is 65.9 Å². The van der Waals surface area contributed by atoms with Crippen LogP contribution < -0.4 is 5.32 Å². The maximum atomic E-state index is 12.7. The highest BCUT2D eigenvalue weighted by Crippen LogP contribution is 2.32. The van der Waals surface area contributed by atoms with Gasteiger partial charge in [0.05, 0.1) is 18.7 Å². The lowest BCUT2D eigenvalue weighted by Crippen LogP contribution is -2.28. The highest BCUT2D eigenvalue weighted by Gasteiger charge is 2.34. The minimum absolute atomic E-state index is 0.0203. The Labute approximate surface area is 155 Å². The number of furan rings is 1. The summed E-state index contributed by atoms with van der Waals surface area (Å²) < 4.78 is 5.30. The monoisotopic (exact) mass is 366 g/mol. The largest absolute Gasteiger partial charge is 0.467 e. The zero-order valence-corrected chi connectivity index (χ0v) is 14.9. The van der Waals surface area contributed by atoms with Crippen LogP contribution in [0.1, 0.15) is 12.2 Å². The number of amides is 2. The molecular formula is C20H18N2O3S. The first-order valence-electron chi connectivity index (χ1n) is 8.44. The first-order chi connectivity index (χ1) is 12.7. The van der Waals surface area contributed by atoms with Crippen molar-refractivity contribution in [3.8, 4) is 10.4 Å². The Morgan fingerprint density at radius 1 is 1.19 bits per heavy atom. The average Bonchev–Trinajstić information content (AvgIpc) is 3.39. The number of carbonyl (C=O) groups excluding carboxylic acids is 2. The van der Waals surface area contributed by atoms with Gasteiger partial charge in [-0.25, -0.2) is 0 Å². The first kappa shape index (κ1) is 16.6. The molecule has 132 valence electrons. The number of anilines is 1. The van der Waals surface area contributed by atoms with Gasteiger partial charge in [0.15, 0.2) is 0 Å². The van der Waals surface area contributed by atoms with Gasteiger partial charge in [-0.2, -0.15) is 0 Å². The molecular weight excluding hydrogens is 348 g/mol. The Morgan fingerprint density at radius 2 is 2.08 bits per heavy atom. The van der Waals surface area contributed by atoms with E-state index >= 15 is 0 Å². The number of rotatable bonds is 5. The number of benzene rings is 1. The number of hydrogen-bond donors (Lipinski definition) is 1. The minimum atomic E-state index is -0.353. The fourth-order valence-electron chi connectivity index (χ4n) is 3.16. The molecule has 2 aromatic heterocycles. The highest BCUT2D eigenvalue weighted by molar-refractivity contribution is 7.13. The molecule has 3 heterocycles. The molecule has 1 aliphatic heterocycles. The molecule has 5 nitrogen and oxygen atoms in total. The molecule has 0 bridgehead atoms. The van der Waals surface area contributed by atoms with Crippen LogP contribution in [0.3, 0.4) is 0 Å². The summed E-state index contributed by atoms with van der Waals surface area (Å²) in [6.45, 7) is 0.813. The van der Waals surface area contributed by atoms with Crippen molar-refractivity contribution in [2.75, 3.05) is 11.9 Å². The second-order valence-electron chi connectivity index (χ2n) is 6.27. The van der Waals surface area contributed by atoms with Gasteiger partial charge in [-0.05, 0) is 29.6 Å². The number of thiophene rings is 1. The van der Waals surface area contributed by atoms with Gasteiger partial charge in [0.1, 0.15) is 5.76 Å². The van der Waals surface area contributed by atoms with Gasteiger partial charge in [-0.15, -0.1) is 11.3 Å². The predicted octanol–water partition coefficient (Wildman–Crippen LogP) is 4.00. The fourth-order valence-corrected chi connectivity index (χ4v) is 3.93. The summed E-state index contributed by atoms with van der Waals surface area (Å²) in [5, 5.41) is 5.02. The van der Waals surface area contributed by atoms with Crippen LogP contribution in [0.25, 0.3) is 10.4 Å². The summed E-state index contributed by atoms with van der Waals surface area (Å²) in [4.78, 5) is 27.7. The molecule has 1 atom stereocenters. The second-order valence-corrected chi connectivity index (χ2v) is 7.21. The third kappa shape index (κ3) is 3.41. The van der Waals surface area contributed by atoms with Crippen molar-refractivity contribution in [3.63, 3.8) is 0 Å². The van der Waals surface area contributed by atoms with E-state index in [4.69, 9.17) is 4.42 Å². The van der Waals surface area contributed by atoms with E-state index in [0.29, 0.717) is 13.1 Å². The minimum Gasteiger partial charge on any atom is -0.467 e. The molecule has 2 amide bonds. The molecule has 0 radical (unpaired) electrons. The number of hydrogen-bond acceptors (Lipinski definition) is 4. The van der Waals surface area contributed by atoms with Crippen LogP contribution in [0, 0.1) is 5.92 Å². The lowest BCUT2D eigenvalue weighted by Gasteiger charge is -2.16. The average molecular weight is 366 g/mol. The summed E-state index contributed by atoms with van der Waals surface area (Å²) in [6.07, 6.45) is 1.81. The van der Waals surface area contributed by atoms with Crippen molar-refractivity contribution >= 4 is 28.8 Å². The van der Waals surface area contributed by atoms with Gasteiger partial charge >= 0.3 is 0 Å². The third-order valence-corrected chi connectivity index (χ3v) is 5.39. The molecule has 26 heavy (non-hydrogen) atoms. The first-order valence-corrected chi connectivity index (χ1v) is 9.32. The van der Waals surface area contributed by atoms with Gasteiger partial charge in [-0.1, -0.05) is 24.3 Å². The van der Waals surface area contributed by atoms with E-state index in [2.05, 4.69) is 5.32 Å². The quantitative estimate of drug-likeness (QED) is 0.742. The standard InChI is InChI=1S/C20H18N2O3S/c23-19-11-14(12-22(19)13-15-5-3-9-25-15)20(24)21-17-7-2-1-6-16(17)18-8-4-10-26-18/h1-10,14H,11-13H2,(H,21,24). The molecule has 4 rings (SSSR count). The van der Waals surface area contributed by atoms with Gasteiger partial charge in [0.25, 0.3) is 0 Å². The van der Waals surface area contributed by atoms with E-state index in [1.54, 1.807) is 28.6 Å². The van der Waals surface area contributed by atoms with Gasteiger partial charge < -0.3 is 14.6 Å². The normalized spacial score (nSPS) is 16.8. The summed E-state index contributed by atoms with van der Waals surface area (Å²) in [5.41, 5.74) is 1.77. The predicted molar refractivity (Wildman–Crippen MR) is 101 cm³/mol. The molecule has 1 N–H and O–H groups in total. The number of nitrogens with one attached hydrogen (secondary N) is 1. The van der Waals surface area contributed by atoms with Gasteiger partial charge in [-0.3, -0.25) is 9.59 Å². The van der Waals surface area contributed by atoms with Crippen LogP contribution in [0.2, 0.25) is 0 Å². The van der Waals surface area contributed by atoms with Crippen LogP contribution in [0.4, 0.5) is 5.69 Å². The van der Waals surface area contributed by atoms with Crippen LogP contribution >= 0.6 is 11.3 Å². The Bertz CT molecular complexity index is 903. The Kier molecular flexibility index (Phi) is 4.58. The number of carbonyl (C=O) groups is 2. The molecule has 0 aliphatic carbocycles. The van der Waals surface area contributed by atoms with Crippen LogP contribution in [-0.2, 0) is 16.1 Å². The van der Waals surface area contributed by atoms with Crippen molar-refractivity contribution in [1.82, 2.24) is 4.90 Å². The zero-order chi connectivity index (χ0) is 17.9. The van der Waals surface area contributed by atoms with E-state index in [1.807, 2.05) is 47.8 Å². The van der Waals surface area contributed by atoms with Crippen LogP contribution in [-0.4, -0.2) is 23.3 Å². The molecule has 1 unspecified atom stereocenters. The molecule has 0 spiro atoms. The lowest BCUT2D eigenvalue weighted by molar-refractivity contribution is -0.128. The van der Waals surface area contributed by atoms with Crippen molar-refractivity contribution in [2.45, 2.75) is 13.0 Å². The molecule has 1 fully saturated rings. The molecule has 0 saturated carbocycles. The summed E-state index contributed by atoms with van der Waals surface area (Å²) in [7, 11) is 0. The Morgan fingerprint density at radius 3 is 2.85 bits per heavy atom. The van der Waals surface area contributed by atoms with E-state index in [9.17, 15) is 9.59 Å². The summed E-state index contributed by atoms with van der Waals surface area (Å²) in [6, 6.07) is 15.4. The van der Waals surface area contributed by atoms with Crippen molar-refractivity contribution in [1.29, 1.82) is 0 Å². The van der Waals surface area contributed by atoms with Crippen LogP contribution in [0.15, 0.2) is 64.6 Å². The molecule has 1 aromatic carbocycles. The van der Waals surface area contributed by atoms with E-state index in [0.717, 1.165) is 21.9 Å². The fraction of sp³-hybridized carbons (Fsp3) is 0.200.